The van der Waals surface area contributed by atoms with E-state index in [-0.39, 0.29) is 24.1 Å². The third-order valence-electron chi connectivity index (χ3n) is 5.57. The first kappa shape index (κ1) is 20.4. The minimum atomic E-state index is -0.291. The average Bonchev–Trinajstić information content (AvgIpc) is 3.53. The molecular weight excluding hydrogens is 427 g/mol. The van der Waals surface area contributed by atoms with Crippen molar-refractivity contribution < 1.29 is 14.0 Å². The number of aromatic nitrogens is 2. The lowest BCUT2D eigenvalue weighted by Gasteiger charge is -2.15. The molecule has 0 saturated carbocycles. The van der Waals surface area contributed by atoms with Crippen LogP contribution in [-0.4, -0.2) is 39.2 Å². The first-order chi connectivity index (χ1) is 15.6. The van der Waals surface area contributed by atoms with Crippen LogP contribution < -0.4 is 5.32 Å². The van der Waals surface area contributed by atoms with Gasteiger partial charge in [0.25, 0.3) is 5.91 Å². The highest BCUT2D eigenvalue weighted by molar-refractivity contribution is 7.15. The lowest BCUT2D eigenvalue weighted by atomic mass is 10.1. The fourth-order valence-corrected chi connectivity index (χ4v) is 4.76. The molecule has 8 heteroatoms. The maximum atomic E-state index is 13.2. The van der Waals surface area contributed by atoms with Crippen LogP contribution in [0.1, 0.15) is 28.9 Å². The molecule has 0 bridgehead atoms. The summed E-state index contributed by atoms with van der Waals surface area (Å²) in [4.78, 5) is 32.3. The van der Waals surface area contributed by atoms with Crippen molar-refractivity contribution in [1.82, 2.24) is 14.3 Å². The van der Waals surface area contributed by atoms with Crippen LogP contribution in [0.15, 0.2) is 60.1 Å². The molecular formula is C24H21FN4O2S. The molecule has 0 radical (unpaired) electrons. The molecule has 1 saturated heterocycles. The minimum Gasteiger partial charge on any atom is -0.339 e. The normalized spacial score (nSPS) is 13.6. The highest BCUT2D eigenvalue weighted by Gasteiger charge is 2.19. The van der Waals surface area contributed by atoms with E-state index in [1.807, 2.05) is 20.9 Å². The molecule has 1 N–H and O–H groups in total. The summed E-state index contributed by atoms with van der Waals surface area (Å²) in [5.41, 5.74) is 3.66. The smallest absolute Gasteiger partial charge is 0.253 e. The van der Waals surface area contributed by atoms with Gasteiger partial charge in [-0.05, 0) is 61.4 Å². The van der Waals surface area contributed by atoms with Gasteiger partial charge in [-0.25, -0.2) is 9.37 Å². The Morgan fingerprint density at radius 3 is 2.47 bits per heavy atom. The third kappa shape index (κ3) is 4.13. The van der Waals surface area contributed by atoms with Gasteiger partial charge in [0.2, 0.25) is 5.91 Å². The van der Waals surface area contributed by atoms with Crippen LogP contribution in [-0.2, 0) is 11.2 Å². The summed E-state index contributed by atoms with van der Waals surface area (Å²) >= 11 is 1.45. The summed E-state index contributed by atoms with van der Waals surface area (Å²) in [5, 5.41) is 4.80. The number of imidazole rings is 1. The number of amides is 2. The number of thiazole rings is 1. The van der Waals surface area contributed by atoms with E-state index in [0.29, 0.717) is 11.3 Å². The summed E-state index contributed by atoms with van der Waals surface area (Å²) in [5.74, 6) is -0.404. The number of hydrogen-bond donors (Lipinski definition) is 1. The van der Waals surface area contributed by atoms with Crippen LogP contribution in [0.2, 0.25) is 0 Å². The molecule has 2 aromatic heterocycles. The van der Waals surface area contributed by atoms with Gasteiger partial charge in [0.15, 0.2) is 4.96 Å². The van der Waals surface area contributed by atoms with Gasteiger partial charge < -0.3 is 10.2 Å². The van der Waals surface area contributed by atoms with Crippen LogP contribution in [0, 0.1) is 5.82 Å². The number of anilines is 1. The molecule has 6 nitrogen and oxygen atoms in total. The van der Waals surface area contributed by atoms with E-state index in [0.717, 1.165) is 47.8 Å². The fourth-order valence-electron chi connectivity index (χ4n) is 3.88. The van der Waals surface area contributed by atoms with E-state index < -0.39 is 0 Å². The predicted octanol–water partition coefficient (Wildman–Crippen LogP) is 4.62. The molecule has 3 heterocycles. The van der Waals surface area contributed by atoms with Gasteiger partial charge in [-0.3, -0.25) is 14.0 Å². The number of benzene rings is 2. The first-order valence-corrected chi connectivity index (χ1v) is 11.4. The second-order valence-corrected chi connectivity index (χ2v) is 8.65. The number of hydrogen-bond acceptors (Lipinski definition) is 4. The van der Waals surface area contributed by atoms with Gasteiger partial charge in [0.05, 0.1) is 12.1 Å². The Hall–Kier alpha value is -3.52. The Kier molecular flexibility index (Phi) is 5.45. The SMILES string of the molecule is O=C(Cc1csc2nc(-c3ccc(F)cc3)cn12)Nc1ccc(C(=O)N2CCCC2)cc1. The van der Waals surface area contributed by atoms with E-state index in [4.69, 9.17) is 0 Å². The molecule has 4 aromatic rings. The van der Waals surface area contributed by atoms with Gasteiger partial charge >= 0.3 is 0 Å². The molecule has 0 unspecified atom stereocenters. The van der Waals surface area contributed by atoms with Crippen molar-refractivity contribution >= 4 is 33.8 Å². The number of rotatable bonds is 5. The monoisotopic (exact) mass is 448 g/mol. The Balaban J connectivity index is 1.26. The molecule has 5 rings (SSSR count). The van der Waals surface area contributed by atoms with Gasteiger partial charge in [-0.1, -0.05) is 0 Å². The van der Waals surface area contributed by atoms with Crippen molar-refractivity contribution in [3.8, 4) is 11.3 Å². The molecule has 0 aliphatic carbocycles. The van der Waals surface area contributed by atoms with Crippen molar-refractivity contribution in [1.29, 1.82) is 0 Å². The number of likely N-dealkylation sites (tertiary alicyclic amines) is 1. The van der Waals surface area contributed by atoms with Crippen molar-refractivity contribution in [2.75, 3.05) is 18.4 Å². The molecule has 0 atom stereocenters. The zero-order valence-electron chi connectivity index (χ0n) is 17.3. The minimum absolute atomic E-state index is 0.0399. The predicted molar refractivity (Wildman–Crippen MR) is 122 cm³/mol. The Morgan fingerprint density at radius 1 is 1.03 bits per heavy atom. The zero-order valence-corrected chi connectivity index (χ0v) is 18.1. The highest BCUT2D eigenvalue weighted by atomic mass is 32.1. The van der Waals surface area contributed by atoms with Gasteiger partial charge in [-0.15, -0.1) is 11.3 Å². The highest BCUT2D eigenvalue weighted by Crippen LogP contribution is 2.24. The van der Waals surface area contributed by atoms with E-state index in [1.54, 1.807) is 36.4 Å². The molecule has 1 aliphatic rings. The average molecular weight is 449 g/mol. The lowest BCUT2D eigenvalue weighted by molar-refractivity contribution is -0.115. The van der Waals surface area contributed by atoms with Crippen molar-refractivity contribution in [3.05, 3.63) is 77.2 Å². The van der Waals surface area contributed by atoms with Crippen molar-refractivity contribution in [3.63, 3.8) is 0 Å². The third-order valence-corrected chi connectivity index (χ3v) is 6.46. The summed E-state index contributed by atoms with van der Waals surface area (Å²) in [7, 11) is 0. The molecule has 2 amide bonds. The van der Waals surface area contributed by atoms with Crippen LogP contribution in [0.25, 0.3) is 16.2 Å². The molecule has 32 heavy (non-hydrogen) atoms. The maximum Gasteiger partial charge on any atom is 0.253 e. The van der Waals surface area contributed by atoms with E-state index in [1.165, 1.54) is 23.5 Å². The second-order valence-electron chi connectivity index (χ2n) is 7.81. The molecule has 1 fully saturated rings. The number of nitrogens with one attached hydrogen (secondary N) is 1. The van der Waals surface area contributed by atoms with Gasteiger partial charge in [0.1, 0.15) is 5.82 Å². The fraction of sp³-hybridized carbons (Fsp3) is 0.208. The number of halogens is 1. The summed E-state index contributed by atoms with van der Waals surface area (Å²) in [6.45, 7) is 1.62. The van der Waals surface area contributed by atoms with Crippen LogP contribution in [0.3, 0.4) is 0 Å². The van der Waals surface area contributed by atoms with E-state index >= 15 is 0 Å². The number of nitrogens with zero attached hydrogens (tertiary/aromatic N) is 3. The topological polar surface area (TPSA) is 66.7 Å². The van der Waals surface area contributed by atoms with E-state index in [9.17, 15) is 14.0 Å². The van der Waals surface area contributed by atoms with Crippen LogP contribution >= 0.6 is 11.3 Å². The van der Waals surface area contributed by atoms with Crippen molar-refractivity contribution in [2.24, 2.45) is 0 Å². The van der Waals surface area contributed by atoms with E-state index in [2.05, 4.69) is 10.3 Å². The van der Waals surface area contributed by atoms with Crippen LogP contribution in [0.4, 0.5) is 10.1 Å². The first-order valence-electron chi connectivity index (χ1n) is 10.5. The zero-order chi connectivity index (χ0) is 22.1. The van der Waals surface area contributed by atoms with Gasteiger partial charge in [-0.2, -0.15) is 0 Å². The summed E-state index contributed by atoms with van der Waals surface area (Å²) in [6, 6.07) is 13.2. The Morgan fingerprint density at radius 2 is 1.75 bits per heavy atom. The second kappa shape index (κ2) is 8.55. The van der Waals surface area contributed by atoms with Crippen molar-refractivity contribution in [2.45, 2.75) is 19.3 Å². The Bertz CT molecular complexity index is 1270. The standard InChI is InChI=1S/C24H21FN4O2S/c25-18-7-3-16(4-8-18)21-14-29-20(15-32-24(29)27-21)13-22(30)26-19-9-5-17(6-10-19)23(31)28-11-1-2-12-28/h3-10,14-15H,1-2,11-13H2,(H,26,30). The largest absolute Gasteiger partial charge is 0.339 e. The number of carbonyl (C=O) groups is 2. The molecule has 162 valence electrons. The van der Waals surface area contributed by atoms with Crippen LogP contribution in [0.5, 0.6) is 0 Å². The molecule has 0 spiro atoms. The molecule has 2 aromatic carbocycles. The Labute approximate surface area is 188 Å². The van der Waals surface area contributed by atoms with Gasteiger partial charge in [0, 0.05) is 47.2 Å². The maximum absolute atomic E-state index is 13.2. The number of fused-ring (bicyclic) bond motifs is 1. The lowest BCUT2D eigenvalue weighted by Crippen LogP contribution is -2.27. The summed E-state index contributed by atoms with van der Waals surface area (Å²) < 4.78 is 15.1. The molecule has 1 aliphatic heterocycles. The number of carbonyl (C=O) groups excluding carboxylic acids is 2. The summed E-state index contributed by atoms with van der Waals surface area (Å²) in [6.07, 6.45) is 4.16. The quantitative estimate of drug-likeness (QED) is 0.485.